The van der Waals surface area contributed by atoms with E-state index in [1.165, 1.54) is 12.8 Å². The molecule has 1 aromatic heterocycles. The van der Waals surface area contributed by atoms with Crippen LogP contribution in [-0.4, -0.2) is 36.7 Å². The Morgan fingerprint density at radius 1 is 1.53 bits per heavy atom. The summed E-state index contributed by atoms with van der Waals surface area (Å²) < 4.78 is 5.37. The molecule has 1 aliphatic rings. The molecule has 1 saturated heterocycles. The average Bonchev–Trinajstić information content (AvgIpc) is 2.78. The van der Waals surface area contributed by atoms with Crippen molar-refractivity contribution >= 4 is 22.9 Å². The average molecular weight is 275 g/mol. The van der Waals surface area contributed by atoms with Crippen LogP contribution in [0.3, 0.4) is 0 Å². The molecule has 0 radical (unpaired) electrons. The van der Waals surface area contributed by atoms with Crippen molar-refractivity contribution < 1.29 is 4.74 Å². The molecule has 0 amide bonds. The van der Waals surface area contributed by atoms with E-state index >= 15 is 0 Å². The molecule has 96 valence electrons. The van der Waals surface area contributed by atoms with Gasteiger partial charge in [-0.1, -0.05) is 0 Å². The number of thiazole rings is 1. The largest absolute Gasteiger partial charge is 0.381 e. The second-order valence-electron chi connectivity index (χ2n) is 4.62. The molecule has 0 N–H and O–H groups in total. The van der Waals surface area contributed by atoms with Gasteiger partial charge in [0.25, 0.3) is 0 Å². The molecule has 1 aromatic rings. The lowest BCUT2D eigenvalue weighted by atomic mass is 10.00. The SMILES string of the molecule is CN(Cc1nc(CCl)cs1)CC1CCOCC1. The third-order valence-corrected chi connectivity index (χ3v) is 4.21. The van der Waals surface area contributed by atoms with Crippen molar-refractivity contribution in [3.63, 3.8) is 0 Å². The molecule has 0 aromatic carbocycles. The van der Waals surface area contributed by atoms with Gasteiger partial charge < -0.3 is 4.74 Å². The number of halogens is 1. The van der Waals surface area contributed by atoms with Crippen LogP contribution in [-0.2, 0) is 17.2 Å². The van der Waals surface area contributed by atoms with Crippen molar-refractivity contribution in [3.05, 3.63) is 16.1 Å². The van der Waals surface area contributed by atoms with E-state index in [4.69, 9.17) is 16.3 Å². The van der Waals surface area contributed by atoms with Gasteiger partial charge in [-0.15, -0.1) is 22.9 Å². The van der Waals surface area contributed by atoms with Crippen LogP contribution in [0.25, 0.3) is 0 Å². The summed E-state index contributed by atoms with van der Waals surface area (Å²) in [7, 11) is 2.16. The van der Waals surface area contributed by atoms with Crippen LogP contribution in [0.2, 0.25) is 0 Å². The lowest BCUT2D eigenvalue weighted by molar-refractivity contribution is 0.0549. The fraction of sp³-hybridized carbons (Fsp3) is 0.750. The lowest BCUT2D eigenvalue weighted by Crippen LogP contribution is -2.29. The molecule has 2 rings (SSSR count). The van der Waals surface area contributed by atoms with Gasteiger partial charge in [0.2, 0.25) is 0 Å². The predicted molar refractivity (Wildman–Crippen MR) is 71.5 cm³/mol. The molecule has 17 heavy (non-hydrogen) atoms. The lowest BCUT2D eigenvalue weighted by Gasteiger charge is -2.26. The summed E-state index contributed by atoms with van der Waals surface area (Å²) in [5.41, 5.74) is 0.992. The van der Waals surface area contributed by atoms with Gasteiger partial charge in [0.15, 0.2) is 0 Å². The highest BCUT2D eigenvalue weighted by atomic mass is 35.5. The fourth-order valence-electron chi connectivity index (χ4n) is 2.15. The Bertz CT molecular complexity index is 339. The van der Waals surface area contributed by atoms with Gasteiger partial charge in [-0.3, -0.25) is 4.90 Å². The first-order valence-corrected chi connectivity index (χ1v) is 7.45. The summed E-state index contributed by atoms with van der Waals surface area (Å²) in [6.45, 7) is 3.91. The van der Waals surface area contributed by atoms with Crippen LogP contribution in [0, 0.1) is 5.92 Å². The molecular formula is C12H19ClN2OS. The zero-order chi connectivity index (χ0) is 12.1. The first-order valence-electron chi connectivity index (χ1n) is 6.03. The van der Waals surface area contributed by atoms with Crippen LogP contribution in [0.5, 0.6) is 0 Å². The maximum absolute atomic E-state index is 5.75. The van der Waals surface area contributed by atoms with E-state index in [9.17, 15) is 0 Å². The van der Waals surface area contributed by atoms with E-state index in [0.29, 0.717) is 5.88 Å². The highest BCUT2D eigenvalue weighted by Crippen LogP contribution is 2.18. The Labute approximate surface area is 112 Å². The van der Waals surface area contributed by atoms with Crippen molar-refractivity contribution in [2.45, 2.75) is 25.3 Å². The summed E-state index contributed by atoms with van der Waals surface area (Å²) in [6, 6.07) is 0. The molecule has 0 atom stereocenters. The Balaban J connectivity index is 1.77. The van der Waals surface area contributed by atoms with Gasteiger partial charge in [-0.25, -0.2) is 4.98 Å². The zero-order valence-corrected chi connectivity index (χ0v) is 11.8. The van der Waals surface area contributed by atoms with Crippen LogP contribution in [0.4, 0.5) is 0 Å². The molecule has 2 heterocycles. The van der Waals surface area contributed by atoms with Crippen LogP contribution in [0.1, 0.15) is 23.5 Å². The Hall–Kier alpha value is -0.160. The monoisotopic (exact) mass is 274 g/mol. The zero-order valence-electron chi connectivity index (χ0n) is 10.2. The molecule has 1 aliphatic heterocycles. The number of alkyl halides is 1. The standard InChI is InChI=1S/C12H19ClN2OS/c1-15(7-10-2-4-16-5-3-10)8-12-14-11(6-13)9-17-12/h9-10H,2-8H2,1H3. The van der Waals surface area contributed by atoms with Crippen molar-refractivity contribution in [2.75, 3.05) is 26.8 Å². The van der Waals surface area contributed by atoms with Crippen molar-refractivity contribution in [3.8, 4) is 0 Å². The maximum Gasteiger partial charge on any atom is 0.107 e. The normalized spacial score (nSPS) is 17.8. The van der Waals surface area contributed by atoms with Crippen molar-refractivity contribution in [1.29, 1.82) is 0 Å². The van der Waals surface area contributed by atoms with Gasteiger partial charge in [-0.2, -0.15) is 0 Å². The van der Waals surface area contributed by atoms with E-state index in [1.54, 1.807) is 11.3 Å². The quantitative estimate of drug-likeness (QED) is 0.772. The van der Waals surface area contributed by atoms with Crippen LogP contribution < -0.4 is 0 Å². The first kappa shape index (κ1) is 13.3. The van der Waals surface area contributed by atoms with Gasteiger partial charge in [0.05, 0.1) is 18.1 Å². The number of ether oxygens (including phenoxy) is 1. The van der Waals surface area contributed by atoms with Crippen molar-refractivity contribution in [2.24, 2.45) is 5.92 Å². The van der Waals surface area contributed by atoms with Gasteiger partial charge in [0.1, 0.15) is 5.01 Å². The molecule has 0 spiro atoms. The smallest absolute Gasteiger partial charge is 0.107 e. The highest BCUT2D eigenvalue weighted by molar-refractivity contribution is 7.09. The molecule has 1 fully saturated rings. The minimum Gasteiger partial charge on any atom is -0.381 e. The van der Waals surface area contributed by atoms with Crippen LogP contribution >= 0.6 is 22.9 Å². The Morgan fingerprint density at radius 3 is 2.94 bits per heavy atom. The molecule has 0 aliphatic carbocycles. The molecule has 0 saturated carbocycles. The second kappa shape index (κ2) is 6.69. The first-order chi connectivity index (χ1) is 8.28. The highest BCUT2D eigenvalue weighted by Gasteiger charge is 2.16. The van der Waals surface area contributed by atoms with E-state index in [2.05, 4.69) is 16.9 Å². The minimum absolute atomic E-state index is 0.514. The van der Waals surface area contributed by atoms with Gasteiger partial charge in [0, 0.05) is 25.1 Å². The minimum atomic E-state index is 0.514. The van der Waals surface area contributed by atoms with E-state index in [1.807, 2.05) is 5.38 Å². The number of nitrogens with zero attached hydrogens (tertiary/aromatic N) is 2. The molecular weight excluding hydrogens is 256 g/mol. The van der Waals surface area contributed by atoms with E-state index in [-0.39, 0.29) is 0 Å². The third-order valence-electron chi connectivity index (χ3n) is 3.05. The van der Waals surface area contributed by atoms with Gasteiger partial charge in [-0.05, 0) is 25.8 Å². The number of hydrogen-bond acceptors (Lipinski definition) is 4. The second-order valence-corrected chi connectivity index (χ2v) is 5.83. The van der Waals surface area contributed by atoms with Gasteiger partial charge >= 0.3 is 0 Å². The molecule has 5 heteroatoms. The third kappa shape index (κ3) is 4.21. The van der Waals surface area contributed by atoms with E-state index < -0.39 is 0 Å². The number of hydrogen-bond donors (Lipinski definition) is 0. The molecule has 0 bridgehead atoms. The Morgan fingerprint density at radius 2 is 2.29 bits per heavy atom. The Kier molecular flexibility index (Phi) is 5.22. The number of aromatic nitrogens is 1. The summed E-state index contributed by atoms with van der Waals surface area (Å²) in [5, 5.41) is 3.21. The van der Waals surface area contributed by atoms with Crippen LogP contribution in [0.15, 0.2) is 5.38 Å². The van der Waals surface area contributed by atoms with E-state index in [0.717, 1.165) is 42.9 Å². The molecule has 3 nitrogen and oxygen atoms in total. The predicted octanol–water partition coefficient (Wildman–Crippen LogP) is 2.74. The summed E-state index contributed by atoms with van der Waals surface area (Å²) in [5.74, 6) is 1.29. The molecule has 0 unspecified atom stereocenters. The summed E-state index contributed by atoms with van der Waals surface area (Å²) in [4.78, 5) is 6.84. The fourth-order valence-corrected chi connectivity index (χ4v) is 3.25. The summed E-state index contributed by atoms with van der Waals surface area (Å²) in [6.07, 6.45) is 2.38. The maximum atomic E-state index is 5.75. The summed E-state index contributed by atoms with van der Waals surface area (Å²) >= 11 is 7.45. The van der Waals surface area contributed by atoms with Crippen molar-refractivity contribution in [1.82, 2.24) is 9.88 Å². The number of rotatable bonds is 5. The topological polar surface area (TPSA) is 25.4 Å².